The fourth-order valence-corrected chi connectivity index (χ4v) is 2.61. The quantitative estimate of drug-likeness (QED) is 0.631. The van der Waals surface area contributed by atoms with Gasteiger partial charge in [-0.1, -0.05) is 17.7 Å². The number of ketones is 1. The molecule has 1 fully saturated rings. The van der Waals surface area contributed by atoms with Gasteiger partial charge in [0, 0.05) is 25.0 Å². The van der Waals surface area contributed by atoms with Crippen LogP contribution in [0.1, 0.15) is 37.7 Å². The summed E-state index contributed by atoms with van der Waals surface area (Å²) in [6.45, 7) is 2.14. The van der Waals surface area contributed by atoms with Crippen LogP contribution in [0.5, 0.6) is 0 Å². The number of rotatable bonds is 3. The average Bonchev–Trinajstić information content (AvgIpc) is 2.39. The zero-order chi connectivity index (χ0) is 13.8. The van der Waals surface area contributed by atoms with E-state index in [1.807, 2.05) is 6.07 Å². The molecule has 0 aliphatic heterocycles. The van der Waals surface area contributed by atoms with E-state index in [4.69, 9.17) is 16.3 Å². The average molecular weight is 282 g/mol. The number of halogens is 1. The van der Waals surface area contributed by atoms with Crippen molar-refractivity contribution in [2.24, 2.45) is 5.92 Å². The summed E-state index contributed by atoms with van der Waals surface area (Å²) in [5.74, 6) is -0.457. The highest BCUT2D eigenvalue weighted by Crippen LogP contribution is 2.37. The number of Topliss-reactive ketones (excluding diaryl/α,β-unsaturated/α-hetero) is 1. The summed E-state index contributed by atoms with van der Waals surface area (Å²) in [5, 5.41) is 0.401. The van der Waals surface area contributed by atoms with Gasteiger partial charge >= 0.3 is 5.97 Å². The minimum atomic E-state index is -0.263. The highest BCUT2D eigenvalue weighted by Gasteiger charge is 2.36. The van der Waals surface area contributed by atoms with Gasteiger partial charge in [-0.2, -0.15) is 0 Å². The van der Waals surface area contributed by atoms with Gasteiger partial charge in [-0.25, -0.2) is 4.98 Å². The molecule has 0 unspecified atom stereocenters. The predicted molar refractivity (Wildman–Crippen MR) is 71.0 cm³/mol. The highest BCUT2D eigenvalue weighted by molar-refractivity contribution is 6.29. The van der Waals surface area contributed by atoms with Gasteiger partial charge in [-0.15, -0.1) is 0 Å². The second-order valence-electron chi connectivity index (χ2n) is 4.66. The lowest BCUT2D eigenvalue weighted by Crippen LogP contribution is -2.31. The van der Waals surface area contributed by atoms with Crippen molar-refractivity contribution in [3.63, 3.8) is 0 Å². The van der Waals surface area contributed by atoms with E-state index in [9.17, 15) is 9.59 Å². The van der Waals surface area contributed by atoms with E-state index in [0.717, 1.165) is 5.56 Å². The molecule has 1 saturated carbocycles. The number of aromatic nitrogens is 1. The highest BCUT2D eigenvalue weighted by atomic mass is 35.5. The Bertz CT molecular complexity index is 472. The maximum absolute atomic E-state index is 12.0. The van der Waals surface area contributed by atoms with Crippen LogP contribution in [0.15, 0.2) is 18.3 Å². The normalized spacial score (nSPS) is 23.2. The third kappa shape index (κ3) is 3.32. The summed E-state index contributed by atoms with van der Waals surface area (Å²) < 4.78 is 5.10. The Kier molecular flexibility index (Phi) is 4.53. The Balaban J connectivity index is 2.23. The Hall–Kier alpha value is -1.42. The van der Waals surface area contributed by atoms with Gasteiger partial charge in [-0.3, -0.25) is 9.59 Å². The number of nitrogens with zero attached hydrogens (tertiary/aromatic N) is 1. The molecular weight excluding hydrogens is 266 g/mol. The SMILES string of the molecule is CCOC(=O)[C@@H]1CCC(=O)C[C@@H]1c1ccc(Cl)nc1. The first-order valence-electron chi connectivity index (χ1n) is 6.41. The van der Waals surface area contributed by atoms with Gasteiger partial charge in [-0.05, 0) is 25.0 Å². The molecule has 0 aromatic carbocycles. The molecule has 19 heavy (non-hydrogen) atoms. The first-order chi connectivity index (χ1) is 9.11. The van der Waals surface area contributed by atoms with Crippen LogP contribution in [0.4, 0.5) is 0 Å². The fraction of sp³-hybridized carbons (Fsp3) is 0.500. The van der Waals surface area contributed by atoms with E-state index in [1.54, 1.807) is 19.2 Å². The second-order valence-corrected chi connectivity index (χ2v) is 5.05. The van der Waals surface area contributed by atoms with Crippen molar-refractivity contribution in [1.29, 1.82) is 0 Å². The second kappa shape index (κ2) is 6.15. The van der Waals surface area contributed by atoms with Crippen LogP contribution in [0.3, 0.4) is 0 Å². The lowest BCUT2D eigenvalue weighted by atomic mass is 9.75. The molecule has 0 radical (unpaired) electrons. The van der Waals surface area contributed by atoms with Gasteiger partial charge in [0.1, 0.15) is 10.9 Å². The molecule has 0 spiro atoms. The molecule has 0 saturated heterocycles. The van der Waals surface area contributed by atoms with Crippen molar-refractivity contribution in [2.75, 3.05) is 6.61 Å². The Morgan fingerprint density at radius 1 is 1.53 bits per heavy atom. The molecule has 1 aromatic rings. The van der Waals surface area contributed by atoms with E-state index in [0.29, 0.717) is 31.0 Å². The number of pyridine rings is 1. The number of hydrogen-bond acceptors (Lipinski definition) is 4. The van der Waals surface area contributed by atoms with E-state index >= 15 is 0 Å². The number of esters is 1. The van der Waals surface area contributed by atoms with E-state index < -0.39 is 0 Å². The number of ether oxygens (including phenoxy) is 1. The van der Waals surface area contributed by atoms with Gasteiger partial charge in [0.25, 0.3) is 0 Å². The first kappa shape index (κ1) is 14.0. The van der Waals surface area contributed by atoms with Gasteiger partial charge < -0.3 is 4.74 Å². The maximum atomic E-state index is 12.0. The Morgan fingerprint density at radius 3 is 2.95 bits per heavy atom. The zero-order valence-corrected chi connectivity index (χ0v) is 11.5. The van der Waals surface area contributed by atoms with Crippen LogP contribution in [0.25, 0.3) is 0 Å². The lowest BCUT2D eigenvalue weighted by Gasteiger charge is -2.29. The summed E-state index contributed by atoms with van der Waals surface area (Å²) in [5.41, 5.74) is 0.871. The van der Waals surface area contributed by atoms with Crippen molar-refractivity contribution >= 4 is 23.4 Å². The standard InChI is InChI=1S/C14H16ClNO3/c1-2-19-14(18)11-5-4-10(17)7-12(11)9-3-6-13(15)16-8-9/h3,6,8,11-12H,2,4-5,7H2,1H3/t11-,12-/m1/s1. The number of hydrogen-bond donors (Lipinski definition) is 0. The number of carbonyl (C=O) groups is 2. The van der Waals surface area contributed by atoms with Crippen LogP contribution >= 0.6 is 11.6 Å². The minimum Gasteiger partial charge on any atom is -0.466 e. The summed E-state index contributed by atoms with van der Waals surface area (Å²) in [6.07, 6.45) is 3.00. The van der Waals surface area contributed by atoms with Crippen LogP contribution < -0.4 is 0 Å². The third-order valence-corrected chi connectivity index (χ3v) is 3.66. The predicted octanol–water partition coefficient (Wildman–Crippen LogP) is 2.75. The summed E-state index contributed by atoms with van der Waals surface area (Å²) in [7, 11) is 0. The Morgan fingerprint density at radius 2 is 2.32 bits per heavy atom. The van der Waals surface area contributed by atoms with Gasteiger partial charge in [0.05, 0.1) is 12.5 Å². The third-order valence-electron chi connectivity index (χ3n) is 3.44. The minimum absolute atomic E-state index is 0.148. The fourth-order valence-electron chi connectivity index (χ4n) is 2.50. The summed E-state index contributed by atoms with van der Waals surface area (Å²) >= 11 is 5.76. The van der Waals surface area contributed by atoms with Crippen molar-refractivity contribution in [2.45, 2.75) is 32.1 Å². The summed E-state index contributed by atoms with van der Waals surface area (Å²) in [4.78, 5) is 27.6. The topological polar surface area (TPSA) is 56.3 Å². The molecule has 1 heterocycles. The molecule has 1 aliphatic carbocycles. The van der Waals surface area contributed by atoms with Gasteiger partial charge in [0.15, 0.2) is 0 Å². The molecule has 1 aliphatic rings. The molecule has 5 heteroatoms. The lowest BCUT2D eigenvalue weighted by molar-refractivity contribution is -0.150. The molecule has 2 rings (SSSR count). The molecular formula is C14H16ClNO3. The van der Waals surface area contributed by atoms with Crippen LogP contribution in [0.2, 0.25) is 5.15 Å². The molecule has 2 atom stereocenters. The van der Waals surface area contributed by atoms with Crippen LogP contribution in [-0.2, 0) is 14.3 Å². The maximum Gasteiger partial charge on any atom is 0.309 e. The Labute approximate surface area is 117 Å². The van der Waals surface area contributed by atoms with E-state index in [1.165, 1.54) is 0 Å². The summed E-state index contributed by atoms with van der Waals surface area (Å²) in [6, 6.07) is 3.50. The first-order valence-corrected chi connectivity index (χ1v) is 6.79. The smallest absolute Gasteiger partial charge is 0.309 e. The van der Waals surface area contributed by atoms with Gasteiger partial charge in [0.2, 0.25) is 0 Å². The largest absolute Gasteiger partial charge is 0.466 e. The van der Waals surface area contributed by atoms with E-state index in [-0.39, 0.29) is 23.6 Å². The number of carbonyl (C=O) groups excluding carboxylic acids is 2. The van der Waals surface area contributed by atoms with Crippen LogP contribution in [-0.4, -0.2) is 23.3 Å². The van der Waals surface area contributed by atoms with E-state index in [2.05, 4.69) is 4.98 Å². The van der Waals surface area contributed by atoms with Crippen molar-refractivity contribution < 1.29 is 14.3 Å². The molecule has 102 valence electrons. The zero-order valence-electron chi connectivity index (χ0n) is 10.8. The van der Waals surface area contributed by atoms with Crippen molar-refractivity contribution in [3.8, 4) is 0 Å². The molecule has 4 nitrogen and oxygen atoms in total. The van der Waals surface area contributed by atoms with Crippen molar-refractivity contribution in [3.05, 3.63) is 29.0 Å². The molecule has 0 bridgehead atoms. The molecule has 0 N–H and O–H groups in total. The van der Waals surface area contributed by atoms with Crippen molar-refractivity contribution in [1.82, 2.24) is 4.98 Å². The van der Waals surface area contributed by atoms with Crippen LogP contribution in [0, 0.1) is 5.92 Å². The molecule has 1 aromatic heterocycles. The molecule has 0 amide bonds. The monoisotopic (exact) mass is 281 g/mol.